The van der Waals surface area contributed by atoms with Crippen LogP contribution >= 0.6 is 34.5 Å². The highest BCUT2D eigenvalue weighted by Gasteiger charge is 2.10. The molecule has 0 aliphatic rings. The van der Waals surface area contributed by atoms with Crippen molar-refractivity contribution in [3.05, 3.63) is 33.3 Å². The Morgan fingerprint density at radius 1 is 1.38 bits per heavy atom. The lowest BCUT2D eigenvalue weighted by Gasteiger charge is -2.07. The lowest BCUT2D eigenvalue weighted by molar-refractivity contribution is -0.118. The van der Waals surface area contributed by atoms with E-state index >= 15 is 0 Å². The molecule has 6 nitrogen and oxygen atoms in total. The SMILES string of the molecule is COCc1nnc(NC(=O)COc2ccc(Cl)cc2Cl)s1. The largest absolute Gasteiger partial charge is 0.482 e. The summed E-state index contributed by atoms with van der Waals surface area (Å²) in [6.45, 7) is 0.158. The fourth-order valence-corrected chi connectivity index (χ4v) is 2.57. The molecule has 1 aromatic heterocycles. The molecule has 21 heavy (non-hydrogen) atoms. The predicted molar refractivity (Wildman–Crippen MR) is 81.2 cm³/mol. The second kappa shape index (κ2) is 7.56. The van der Waals surface area contributed by atoms with Crippen LogP contribution < -0.4 is 10.1 Å². The van der Waals surface area contributed by atoms with Crippen LogP contribution in [0.3, 0.4) is 0 Å². The van der Waals surface area contributed by atoms with Crippen LogP contribution in [0, 0.1) is 0 Å². The number of amides is 1. The van der Waals surface area contributed by atoms with Crippen LogP contribution in [0.15, 0.2) is 18.2 Å². The van der Waals surface area contributed by atoms with E-state index in [1.54, 1.807) is 19.2 Å². The lowest BCUT2D eigenvalue weighted by atomic mass is 10.3. The number of hydrogen-bond acceptors (Lipinski definition) is 6. The molecule has 1 heterocycles. The number of carbonyl (C=O) groups excluding carboxylic acids is 1. The number of aromatic nitrogens is 2. The van der Waals surface area contributed by atoms with E-state index in [4.69, 9.17) is 32.7 Å². The Bertz CT molecular complexity index is 636. The average Bonchev–Trinajstić information content (AvgIpc) is 2.85. The fourth-order valence-electron chi connectivity index (χ4n) is 1.38. The van der Waals surface area contributed by atoms with Crippen molar-refractivity contribution in [3.8, 4) is 5.75 Å². The Hall–Kier alpha value is -1.41. The van der Waals surface area contributed by atoms with E-state index in [0.29, 0.717) is 32.5 Å². The zero-order valence-corrected chi connectivity index (χ0v) is 13.3. The summed E-state index contributed by atoms with van der Waals surface area (Å²) in [4.78, 5) is 11.7. The molecular formula is C12H11Cl2N3O3S. The Morgan fingerprint density at radius 2 is 2.19 bits per heavy atom. The zero-order valence-electron chi connectivity index (χ0n) is 10.9. The average molecular weight is 348 g/mol. The fraction of sp³-hybridized carbons (Fsp3) is 0.250. The molecule has 1 N–H and O–H groups in total. The number of methoxy groups -OCH3 is 1. The number of nitrogens with one attached hydrogen (secondary N) is 1. The van der Waals surface area contributed by atoms with Gasteiger partial charge in [0.1, 0.15) is 17.4 Å². The minimum Gasteiger partial charge on any atom is -0.482 e. The highest BCUT2D eigenvalue weighted by Crippen LogP contribution is 2.27. The number of nitrogens with zero attached hydrogens (tertiary/aromatic N) is 2. The summed E-state index contributed by atoms with van der Waals surface area (Å²) in [7, 11) is 1.56. The molecule has 1 amide bonds. The van der Waals surface area contributed by atoms with Crippen molar-refractivity contribution < 1.29 is 14.3 Å². The Kier molecular flexibility index (Phi) is 5.75. The lowest BCUT2D eigenvalue weighted by Crippen LogP contribution is -2.20. The molecule has 0 aliphatic heterocycles. The van der Waals surface area contributed by atoms with E-state index in [2.05, 4.69) is 15.5 Å². The summed E-state index contributed by atoms with van der Waals surface area (Å²) >= 11 is 12.9. The van der Waals surface area contributed by atoms with E-state index in [-0.39, 0.29) is 12.5 Å². The minimum absolute atomic E-state index is 0.194. The summed E-state index contributed by atoms with van der Waals surface area (Å²) < 4.78 is 10.2. The van der Waals surface area contributed by atoms with Crippen LogP contribution in [0.1, 0.15) is 5.01 Å². The third-order valence-corrected chi connectivity index (χ3v) is 3.58. The summed E-state index contributed by atoms with van der Waals surface area (Å²) in [5, 5.41) is 12.1. The van der Waals surface area contributed by atoms with Crippen molar-refractivity contribution in [2.24, 2.45) is 0 Å². The molecule has 0 fully saturated rings. The standard InChI is InChI=1S/C12H11Cl2N3O3S/c1-19-6-11-16-17-12(21-11)15-10(18)5-20-9-3-2-7(13)4-8(9)14/h2-4H,5-6H2,1H3,(H,15,17,18). The molecule has 0 unspecified atom stereocenters. The van der Waals surface area contributed by atoms with E-state index in [0.717, 1.165) is 0 Å². The van der Waals surface area contributed by atoms with Crippen LogP contribution in [-0.2, 0) is 16.1 Å². The first kappa shape index (κ1) is 16.0. The quantitative estimate of drug-likeness (QED) is 0.869. The Balaban J connectivity index is 1.86. The number of rotatable bonds is 6. The van der Waals surface area contributed by atoms with Gasteiger partial charge in [-0.3, -0.25) is 10.1 Å². The zero-order chi connectivity index (χ0) is 15.2. The number of anilines is 1. The number of carbonyl (C=O) groups is 1. The van der Waals surface area contributed by atoms with Crippen molar-refractivity contribution in [2.45, 2.75) is 6.61 Å². The van der Waals surface area contributed by atoms with Gasteiger partial charge in [-0.2, -0.15) is 0 Å². The topological polar surface area (TPSA) is 73.3 Å². The van der Waals surface area contributed by atoms with Crippen molar-refractivity contribution in [3.63, 3.8) is 0 Å². The Morgan fingerprint density at radius 3 is 2.90 bits per heavy atom. The van der Waals surface area contributed by atoms with Crippen molar-refractivity contribution in [2.75, 3.05) is 19.0 Å². The van der Waals surface area contributed by atoms with Gasteiger partial charge in [-0.25, -0.2) is 0 Å². The van der Waals surface area contributed by atoms with Gasteiger partial charge in [0.05, 0.1) is 5.02 Å². The normalized spacial score (nSPS) is 10.4. The van der Waals surface area contributed by atoms with Crippen LogP contribution in [0.4, 0.5) is 5.13 Å². The molecule has 112 valence electrons. The van der Waals surface area contributed by atoms with Crippen molar-refractivity contribution >= 4 is 45.6 Å². The third-order valence-electron chi connectivity index (χ3n) is 2.23. The van der Waals surface area contributed by atoms with Gasteiger partial charge in [-0.05, 0) is 18.2 Å². The van der Waals surface area contributed by atoms with Crippen LogP contribution in [0.2, 0.25) is 10.0 Å². The molecule has 0 saturated carbocycles. The second-order valence-electron chi connectivity index (χ2n) is 3.85. The van der Waals surface area contributed by atoms with Gasteiger partial charge >= 0.3 is 0 Å². The molecule has 0 radical (unpaired) electrons. The minimum atomic E-state index is -0.360. The monoisotopic (exact) mass is 347 g/mol. The summed E-state index contributed by atoms with van der Waals surface area (Å²) in [5.41, 5.74) is 0. The molecule has 0 saturated heterocycles. The number of hydrogen-bond donors (Lipinski definition) is 1. The van der Waals surface area contributed by atoms with Crippen LogP contribution in [-0.4, -0.2) is 29.8 Å². The number of halogens is 2. The van der Waals surface area contributed by atoms with Gasteiger partial charge < -0.3 is 9.47 Å². The Labute approximate surface area is 135 Å². The van der Waals surface area contributed by atoms with E-state index in [1.165, 1.54) is 17.4 Å². The first-order valence-corrected chi connectivity index (χ1v) is 7.34. The predicted octanol–water partition coefficient (Wildman–Crippen LogP) is 3.01. The van der Waals surface area contributed by atoms with Crippen LogP contribution in [0.5, 0.6) is 5.75 Å². The van der Waals surface area contributed by atoms with Gasteiger partial charge in [-0.1, -0.05) is 34.5 Å². The summed E-state index contributed by atoms with van der Waals surface area (Å²) in [6, 6.07) is 4.76. The molecule has 0 atom stereocenters. The molecule has 2 aromatic rings. The van der Waals surface area contributed by atoms with E-state index < -0.39 is 0 Å². The second-order valence-corrected chi connectivity index (χ2v) is 5.75. The first-order chi connectivity index (χ1) is 10.1. The highest BCUT2D eigenvalue weighted by molar-refractivity contribution is 7.15. The van der Waals surface area contributed by atoms with E-state index in [9.17, 15) is 4.79 Å². The molecule has 0 bridgehead atoms. The summed E-state index contributed by atoms with van der Waals surface area (Å²) in [6.07, 6.45) is 0. The number of benzene rings is 1. The molecule has 1 aromatic carbocycles. The molecule has 9 heteroatoms. The van der Waals surface area contributed by atoms with Crippen molar-refractivity contribution in [1.82, 2.24) is 10.2 Å². The van der Waals surface area contributed by atoms with Gasteiger partial charge in [0.2, 0.25) is 5.13 Å². The molecular weight excluding hydrogens is 337 g/mol. The molecule has 2 rings (SSSR count). The maximum absolute atomic E-state index is 11.7. The summed E-state index contributed by atoms with van der Waals surface area (Å²) in [5.74, 6) is 0.0229. The number of ether oxygens (including phenoxy) is 2. The smallest absolute Gasteiger partial charge is 0.264 e. The van der Waals surface area contributed by atoms with Crippen molar-refractivity contribution in [1.29, 1.82) is 0 Å². The van der Waals surface area contributed by atoms with E-state index in [1.807, 2.05) is 0 Å². The maximum atomic E-state index is 11.7. The maximum Gasteiger partial charge on any atom is 0.264 e. The molecule has 0 spiro atoms. The van der Waals surface area contributed by atoms with Gasteiger partial charge in [-0.15, -0.1) is 10.2 Å². The third kappa shape index (κ3) is 4.82. The first-order valence-electron chi connectivity index (χ1n) is 5.77. The highest BCUT2D eigenvalue weighted by atomic mass is 35.5. The van der Waals surface area contributed by atoms with Gasteiger partial charge in [0.15, 0.2) is 6.61 Å². The van der Waals surface area contributed by atoms with Gasteiger partial charge in [0, 0.05) is 12.1 Å². The molecule has 0 aliphatic carbocycles. The van der Waals surface area contributed by atoms with Crippen LogP contribution in [0.25, 0.3) is 0 Å². The van der Waals surface area contributed by atoms with Gasteiger partial charge in [0.25, 0.3) is 5.91 Å².